The van der Waals surface area contributed by atoms with Crippen LogP contribution in [-0.2, 0) is 6.54 Å². The fourth-order valence-corrected chi connectivity index (χ4v) is 2.94. The second-order valence-corrected chi connectivity index (χ2v) is 5.99. The molecular weight excluding hydrogens is 322 g/mol. The Morgan fingerprint density at radius 3 is 3.00 bits per heavy atom. The van der Waals surface area contributed by atoms with Gasteiger partial charge in [0.05, 0.1) is 11.4 Å². The lowest BCUT2D eigenvalue weighted by Crippen LogP contribution is -2.22. The Labute approximate surface area is 135 Å². The average molecular weight is 334 g/mol. The van der Waals surface area contributed by atoms with E-state index in [1.807, 2.05) is 30.5 Å². The molecule has 0 spiro atoms. The van der Waals surface area contributed by atoms with E-state index in [2.05, 4.69) is 15.5 Å². The number of hydrogen-bond acceptors (Lipinski definition) is 5. The van der Waals surface area contributed by atoms with Crippen LogP contribution in [0.1, 0.15) is 21.1 Å². The van der Waals surface area contributed by atoms with Crippen molar-refractivity contribution in [2.24, 2.45) is 0 Å². The van der Waals surface area contributed by atoms with Crippen LogP contribution in [0.15, 0.2) is 40.2 Å². The first-order valence-electron chi connectivity index (χ1n) is 6.54. The Kier molecular flexibility index (Phi) is 4.22. The van der Waals surface area contributed by atoms with Crippen LogP contribution in [0, 0.1) is 6.92 Å². The molecule has 7 heteroatoms. The summed E-state index contributed by atoms with van der Waals surface area (Å²) in [5, 5.41) is 9.15. The minimum absolute atomic E-state index is 0.144. The predicted octanol–water partition coefficient (Wildman–Crippen LogP) is 3.69. The quantitative estimate of drug-likeness (QED) is 0.790. The SMILES string of the molecule is Cc1ccsc1C(=O)NCc1nc(-c2cccc(Cl)c2)no1. The molecule has 0 saturated carbocycles. The lowest BCUT2D eigenvalue weighted by Gasteiger charge is -2.00. The molecule has 0 aliphatic carbocycles. The lowest BCUT2D eigenvalue weighted by molar-refractivity contribution is 0.0950. The smallest absolute Gasteiger partial charge is 0.262 e. The van der Waals surface area contributed by atoms with Crippen molar-refractivity contribution in [1.82, 2.24) is 15.5 Å². The highest BCUT2D eigenvalue weighted by Gasteiger charge is 2.13. The second kappa shape index (κ2) is 6.29. The van der Waals surface area contributed by atoms with Crippen LogP contribution >= 0.6 is 22.9 Å². The monoisotopic (exact) mass is 333 g/mol. The molecule has 0 atom stereocenters. The maximum atomic E-state index is 12.0. The van der Waals surface area contributed by atoms with Gasteiger partial charge < -0.3 is 9.84 Å². The first-order valence-corrected chi connectivity index (χ1v) is 7.80. The molecule has 0 bridgehead atoms. The summed E-state index contributed by atoms with van der Waals surface area (Å²) in [5.74, 6) is 0.645. The van der Waals surface area contributed by atoms with Gasteiger partial charge in [0, 0.05) is 10.6 Å². The molecule has 0 aliphatic rings. The van der Waals surface area contributed by atoms with Crippen molar-refractivity contribution in [2.45, 2.75) is 13.5 Å². The number of nitrogens with zero attached hydrogens (tertiary/aromatic N) is 2. The molecule has 3 aromatic rings. The molecule has 5 nitrogen and oxygen atoms in total. The molecule has 1 aromatic carbocycles. The molecule has 3 rings (SSSR count). The summed E-state index contributed by atoms with van der Waals surface area (Å²) in [6.45, 7) is 2.08. The number of rotatable bonds is 4. The summed E-state index contributed by atoms with van der Waals surface area (Å²) in [6.07, 6.45) is 0. The molecule has 112 valence electrons. The van der Waals surface area contributed by atoms with E-state index in [-0.39, 0.29) is 12.5 Å². The standard InChI is InChI=1S/C15H12ClN3O2S/c1-9-5-6-22-13(9)15(20)17-8-12-18-14(19-21-12)10-3-2-4-11(16)7-10/h2-7H,8H2,1H3,(H,17,20). The van der Waals surface area contributed by atoms with Crippen molar-refractivity contribution < 1.29 is 9.32 Å². The highest BCUT2D eigenvalue weighted by molar-refractivity contribution is 7.12. The molecule has 0 saturated heterocycles. The van der Waals surface area contributed by atoms with Gasteiger partial charge in [-0.05, 0) is 36.1 Å². The van der Waals surface area contributed by atoms with Gasteiger partial charge in [-0.15, -0.1) is 11.3 Å². The number of aromatic nitrogens is 2. The fourth-order valence-electron chi connectivity index (χ4n) is 1.91. The van der Waals surface area contributed by atoms with Crippen LogP contribution in [-0.4, -0.2) is 16.0 Å². The summed E-state index contributed by atoms with van der Waals surface area (Å²) in [6, 6.07) is 9.09. The fraction of sp³-hybridized carbons (Fsp3) is 0.133. The minimum Gasteiger partial charge on any atom is -0.342 e. The molecule has 2 heterocycles. The Balaban J connectivity index is 1.67. The Hall–Kier alpha value is -2.18. The van der Waals surface area contributed by atoms with Crippen LogP contribution in [0.4, 0.5) is 0 Å². The number of nitrogens with one attached hydrogen (secondary N) is 1. The van der Waals surface area contributed by atoms with E-state index in [9.17, 15) is 4.79 Å². The van der Waals surface area contributed by atoms with Crippen molar-refractivity contribution in [2.75, 3.05) is 0 Å². The maximum Gasteiger partial charge on any atom is 0.262 e. The predicted molar refractivity (Wildman–Crippen MR) is 85.0 cm³/mol. The lowest BCUT2D eigenvalue weighted by atomic mass is 10.2. The number of halogens is 1. The zero-order chi connectivity index (χ0) is 15.5. The van der Waals surface area contributed by atoms with E-state index in [4.69, 9.17) is 16.1 Å². The summed E-state index contributed by atoms with van der Waals surface area (Å²) < 4.78 is 5.14. The van der Waals surface area contributed by atoms with E-state index in [1.54, 1.807) is 12.1 Å². The van der Waals surface area contributed by atoms with Gasteiger partial charge >= 0.3 is 0 Å². The first kappa shape index (κ1) is 14.7. The van der Waals surface area contributed by atoms with Gasteiger partial charge in [-0.3, -0.25) is 4.79 Å². The van der Waals surface area contributed by atoms with Crippen molar-refractivity contribution in [3.8, 4) is 11.4 Å². The molecule has 1 amide bonds. The average Bonchev–Trinajstić information content (AvgIpc) is 3.14. The third-order valence-electron chi connectivity index (χ3n) is 3.02. The zero-order valence-electron chi connectivity index (χ0n) is 11.7. The van der Waals surface area contributed by atoms with Gasteiger partial charge in [-0.1, -0.05) is 28.9 Å². The molecule has 2 aromatic heterocycles. The van der Waals surface area contributed by atoms with Crippen LogP contribution in [0.5, 0.6) is 0 Å². The van der Waals surface area contributed by atoms with Crippen molar-refractivity contribution in [3.63, 3.8) is 0 Å². The Bertz CT molecular complexity index is 812. The molecule has 0 aliphatic heterocycles. The molecular formula is C15H12ClN3O2S. The molecule has 0 fully saturated rings. The molecule has 0 radical (unpaired) electrons. The van der Waals surface area contributed by atoms with Crippen LogP contribution in [0.2, 0.25) is 5.02 Å². The zero-order valence-corrected chi connectivity index (χ0v) is 13.2. The van der Waals surface area contributed by atoms with Crippen molar-refractivity contribution >= 4 is 28.8 Å². The third kappa shape index (κ3) is 3.18. The van der Waals surface area contributed by atoms with E-state index in [1.165, 1.54) is 11.3 Å². The third-order valence-corrected chi connectivity index (χ3v) is 4.27. The number of benzene rings is 1. The Morgan fingerprint density at radius 1 is 1.41 bits per heavy atom. The topological polar surface area (TPSA) is 68.0 Å². The number of carbonyl (C=O) groups excluding carboxylic acids is 1. The van der Waals surface area contributed by atoms with Crippen LogP contribution < -0.4 is 5.32 Å². The van der Waals surface area contributed by atoms with Gasteiger partial charge in [-0.2, -0.15) is 4.98 Å². The van der Waals surface area contributed by atoms with E-state index >= 15 is 0 Å². The highest BCUT2D eigenvalue weighted by atomic mass is 35.5. The maximum absolute atomic E-state index is 12.0. The number of carbonyl (C=O) groups is 1. The van der Waals surface area contributed by atoms with E-state index in [0.29, 0.717) is 21.6 Å². The van der Waals surface area contributed by atoms with Crippen LogP contribution in [0.3, 0.4) is 0 Å². The summed E-state index contributed by atoms with van der Waals surface area (Å²) in [4.78, 5) is 17.0. The highest BCUT2D eigenvalue weighted by Crippen LogP contribution is 2.20. The number of aryl methyl sites for hydroxylation is 1. The van der Waals surface area contributed by atoms with Crippen molar-refractivity contribution in [3.05, 3.63) is 57.1 Å². The first-order chi connectivity index (χ1) is 10.6. The normalized spacial score (nSPS) is 10.6. The number of thiophene rings is 1. The van der Waals surface area contributed by atoms with Gasteiger partial charge in [0.25, 0.3) is 5.91 Å². The summed E-state index contributed by atoms with van der Waals surface area (Å²) >= 11 is 7.34. The molecule has 22 heavy (non-hydrogen) atoms. The Morgan fingerprint density at radius 2 is 2.27 bits per heavy atom. The second-order valence-electron chi connectivity index (χ2n) is 4.64. The number of hydrogen-bond donors (Lipinski definition) is 1. The van der Waals surface area contributed by atoms with Gasteiger partial charge in [0.2, 0.25) is 11.7 Å². The minimum atomic E-state index is -0.144. The van der Waals surface area contributed by atoms with E-state index < -0.39 is 0 Å². The van der Waals surface area contributed by atoms with Gasteiger partial charge in [-0.25, -0.2) is 0 Å². The largest absolute Gasteiger partial charge is 0.342 e. The molecule has 0 unspecified atom stereocenters. The van der Waals surface area contributed by atoms with Crippen LogP contribution in [0.25, 0.3) is 11.4 Å². The van der Waals surface area contributed by atoms with Gasteiger partial charge in [0.1, 0.15) is 0 Å². The summed E-state index contributed by atoms with van der Waals surface area (Å²) in [7, 11) is 0. The molecule has 1 N–H and O–H groups in total. The summed E-state index contributed by atoms with van der Waals surface area (Å²) in [5.41, 5.74) is 1.72. The number of amides is 1. The van der Waals surface area contributed by atoms with Crippen molar-refractivity contribution in [1.29, 1.82) is 0 Å². The van der Waals surface area contributed by atoms with E-state index in [0.717, 1.165) is 11.1 Å². The van der Waals surface area contributed by atoms with Gasteiger partial charge in [0.15, 0.2) is 0 Å².